The van der Waals surface area contributed by atoms with Gasteiger partial charge in [0, 0.05) is 29.6 Å². The van der Waals surface area contributed by atoms with Crippen molar-refractivity contribution in [3.05, 3.63) is 64.0 Å². The van der Waals surface area contributed by atoms with Crippen molar-refractivity contribution in [2.24, 2.45) is 0 Å². The van der Waals surface area contributed by atoms with Crippen LogP contribution < -0.4 is 15.4 Å². The van der Waals surface area contributed by atoms with Crippen LogP contribution in [0.15, 0.2) is 48.5 Å². The Morgan fingerprint density at radius 2 is 2.03 bits per heavy atom. The second-order valence-electron chi connectivity index (χ2n) is 8.03. The molecule has 0 radical (unpaired) electrons. The normalized spacial score (nSPS) is 15.3. The summed E-state index contributed by atoms with van der Waals surface area (Å²) in [5.74, 6) is -0.709. The highest BCUT2D eigenvalue weighted by Crippen LogP contribution is 2.37. The number of carbonyl (C=O) groups is 3. The third-order valence-electron chi connectivity index (χ3n) is 5.71. The highest BCUT2D eigenvalue weighted by Gasteiger charge is 2.34. The molecule has 1 atom stereocenters. The average molecular weight is 546 g/mol. The molecule has 2 amide bonds. The van der Waals surface area contributed by atoms with Gasteiger partial charge in [0.15, 0.2) is 5.11 Å². The van der Waals surface area contributed by atoms with Gasteiger partial charge in [0.05, 0.1) is 25.2 Å². The van der Waals surface area contributed by atoms with Crippen molar-refractivity contribution < 1.29 is 23.9 Å². The molecule has 4 rings (SSSR count). The summed E-state index contributed by atoms with van der Waals surface area (Å²) < 4.78 is 11.4. The van der Waals surface area contributed by atoms with E-state index < -0.39 is 17.9 Å². The number of esters is 1. The number of rotatable bonds is 7. The van der Waals surface area contributed by atoms with Gasteiger partial charge in [-0.05, 0) is 36.0 Å². The first kappa shape index (κ1) is 25.9. The second kappa shape index (κ2) is 11.7. The topological polar surface area (TPSA) is 97.0 Å². The molecule has 1 aromatic heterocycles. The molecule has 2 heterocycles. The van der Waals surface area contributed by atoms with Crippen LogP contribution in [0.2, 0.25) is 5.02 Å². The second-order valence-corrected chi connectivity index (χ2v) is 9.84. The molecule has 1 aliphatic rings. The van der Waals surface area contributed by atoms with E-state index in [-0.39, 0.29) is 24.0 Å². The molecule has 0 saturated carbocycles. The zero-order chi connectivity index (χ0) is 25.7. The first-order valence-corrected chi connectivity index (χ1v) is 12.8. The minimum absolute atomic E-state index is 0.0445. The highest BCUT2D eigenvalue weighted by atomic mass is 35.5. The Bertz CT molecular complexity index is 1300. The molecule has 0 bridgehead atoms. The molecule has 3 aromatic rings. The maximum Gasteiger partial charge on any atom is 0.308 e. The van der Waals surface area contributed by atoms with Crippen LogP contribution in [0, 0.1) is 0 Å². The van der Waals surface area contributed by atoms with Crippen molar-refractivity contribution in [2.45, 2.75) is 18.9 Å². The third-order valence-corrected chi connectivity index (χ3v) is 7.70. The zero-order valence-corrected chi connectivity index (χ0v) is 21.8. The predicted molar refractivity (Wildman–Crippen MR) is 143 cm³/mol. The van der Waals surface area contributed by atoms with Gasteiger partial charge in [0.2, 0.25) is 5.91 Å². The smallest absolute Gasteiger partial charge is 0.308 e. The lowest BCUT2D eigenvalue weighted by Crippen LogP contribution is -2.60. The minimum Gasteiger partial charge on any atom is -0.497 e. The van der Waals surface area contributed by atoms with Crippen LogP contribution in [0.1, 0.15) is 21.7 Å². The lowest BCUT2D eigenvalue weighted by Gasteiger charge is -2.36. The summed E-state index contributed by atoms with van der Waals surface area (Å²) in [7, 11) is 1.56. The summed E-state index contributed by atoms with van der Waals surface area (Å²) in [5, 5.41) is 6.49. The molecule has 2 aromatic carbocycles. The quantitative estimate of drug-likeness (QED) is 0.346. The van der Waals surface area contributed by atoms with Crippen LogP contribution in [0.4, 0.5) is 0 Å². The SMILES string of the molecule is COc1ccc2c(Cl)c(C(=O)NC(=S)N3CCNC(=O)C3CC(=O)OCCc3ccccc3)sc2c1. The van der Waals surface area contributed by atoms with Crippen LogP contribution in [0.3, 0.4) is 0 Å². The molecule has 8 nitrogen and oxygen atoms in total. The van der Waals surface area contributed by atoms with Crippen LogP contribution in [0.5, 0.6) is 5.75 Å². The molecule has 11 heteroatoms. The van der Waals surface area contributed by atoms with E-state index in [1.165, 1.54) is 16.2 Å². The number of hydrogen-bond acceptors (Lipinski definition) is 7. The number of thiophene rings is 1. The third kappa shape index (κ3) is 5.95. The Kier molecular flexibility index (Phi) is 8.40. The number of halogens is 1. The van der Waals surface area contributed by atoms with Gasteiger partial charge < -0.3 is 19.7 Å². The van der Waals surface area contributed by atoms with Crippen LogP contribution in [-0.4, -0.2) is 60.6 Å². The number of ether oxygens (including phenoxy) is 2. The van der Waals surface area contributed by atoms with Gasteiger partial charge in [-0.15, -0.1) is 11.3 Å². The molecule has 1 unspecified atom stereocenters. The van der Waals surface area contributed by atoms with Gasteiger partial charge in [-0.25, -0.2) is 0 Å². The minimum atomic E-state index is -0.891. The average Bonchev–Trinajstić information content (AvgIpc) is 3.21. The monoisotopic (exact) mass is 545 g/mol. The fourth-order valence-corrected chi connectivity index (χ4v) is 5.60. The first-order chi connectivity index (χ1) is 17.4. The summed E-state index contributed by atoms with van der Waals surface area (Å²) in [6.07, 6.45) is 0.378. The lowest BCUT2D eigenvalue weighted by molar-refractivity contribution is -0.147. The number of carbonyl (C=O) groups excluding carboxylic acids is 3. The van der Waals surface area contributed by atoms with E-state index in [9.17, 15) is 14.4 Å². The molecular weight excluding hydrogens is 522 g/mol. The van der Waals surface area contributed by atoms with Crippen LogP contribution in [0.25, 0.3) is 10.1 Å². The van der Waals surface area contributed by atoms with Crippen molar-refractivity contribution >= 4 is 68.1 Å². The van der Waals surface area contributed by atoms with Crippen LogP contribution >= 0.6 is 35.2 Å². The largest absolute Gasteiger partial charge is 0.497 e. The first-order valence-electron chi connectivity index (χ1n) is 11.2. The fraction of sp³-hybridized carbons (Fsp3) is 0.280. The van der Waals surface area contributed by atoms with E-state index in [4.69, 9.17) is 33.3 Å². The Morgan fingerprint density at radius 3 is 2.78 bits per heavy atom. The van der Waals surface area contributed by atoms with Gasteiger partial charge in [-0.1, -0.05) is 41.9 Å². The number of benzene rings is 2. The number of fused-ring (bicyclic) bond motifs is 1. The number of nitrogens with one attached hydrogen (secondary N) is 2. The van der Waals surface area contributed by atoms with Gasteiger partial charge in [-0.2, -0.15) is 0 Å². The van der Waals surface area contributed by atoms with E-state index in [2.05, 4.69) is 10.6 Å². The molecule has 188 valence electrons. The number of nitrogens with zero attached hydrogens (tertiary/aromatic N) is 1. The molecular formula is C25H24ClN3O5S2. The molecule has 2 N–H and O–H groups in total. The lowest BCUT2D eigenvalue weighted by atomic mass is 10.1. The van der Waals surface area contributed by atoms with Gasteiger partial charge in [0.25, 0.3) is 5.91 Å². The van der Waals surface area contributed by atoms with E-state index in [0.717, 1.165) is 15.6 Å². The zero-order valence-electron chi connectivity index (χ0n) is 19.4. The molecule has 0 spiro atoms. The summed E-state index contributed by atoms with van der Waals surface area (Å²) in [5.41, 5.74) is 1.05. The van der Waals surface area contributed by atoms with Crippen molar-refractivity contribution in [3.8, 4) is 5.75 Å². The Balaban J connectivity index is 1.39. The maximum atomic E-state index is 13.0. The summed E-state index contributed by atoms with van der Waals surface area (Å²) >= 11 is 13.1. The van der Waals surface area contributed by atoms with Crippen LogP contribution in [-0.2, 0) is 20.7 Å². The van der Waals surface area contributed by atoms with E-state index in [1.807, 2.05) is 30.3 Å². The Labute approximate surface area is 222 Å². The summed E-state index contributed by atoms with van der Waals surface area (Å²) in [6, 6.07) is 14.1. The number of thiocarbonyl (C=S) groups is 1. The van der Waals surface area contributed by atoms with E-state index in [0.29, 0.717) is 35.2 Å². The van der Waals surface area contributed by atoms with Crippen molar-refractivity contribution in [1.29, 1.82) is 0 Å². The summed E-state index contributed by atoms with van der Waals surface area (Å²) in [6.45, 7) is 0.871. The van der Waals surface area contributed by atoms with E-state index in [1.54, 1.807) is 25.3 Å². The standard InChI is InChI=1S/C25H24ClN3O5S2/c1-33-16-7-8-17-19(13-16)36-22(21(17)26)24(32)28-25(35)29-11-10-27-23(31)18(29)14-20(30)34-12-9-15-5-3-2-4-6-15/h2-8,13,18H,9-12,14H2,1H3,(H,27,31)(H,28,32,35). The van der Waals surface area contributed by atoms with Gasteiger partial charge in [0.1, 0.15) is 16.7 Å². The number of hydrogen-bond donors (Lipinski definition) is 2. The highest BCUT2D eigenvalue weighted by molar-refractivity contribution is 7.80. The van der Waals surface area contributed by atoms with Crippen molar-refractivity contribution in [3.63, 3.8) is 0 Å². The van der Waals surface area contributed by atoms with Crippen molar-refractivity contribution in [1.82, 2.24) is 15.5 Å². The fourth-order valence-electron chi connectivity index (χ4n) is 3.85. The summed E-state index contributed by atoms with van der Waals surface area (Å²) in [4.78, 5) is 39.9. The van der Waals surface area contributed by atoms with E-state index >= 15 is 0 Å². The maximum absolute atomic E-state index is 13.0. The molecule has 1 aliphatic heterocycles. The number of methoxy groups -OCH3 is 1. The Hall–Kier alpha value is -3.21. The van der Waals surface area contributed by atoms with Gasteiger partial charge >= 0.3 is 5.97 Å². The number of amides is 2. The Morgan fingerprint density at radius 1 is 1.25 bits per heavy atom. The molecule has 0 aliphatic carbocycles. The number of piperazine rings is 1. The van der Waals surface area contributed by atoms with Crippen molar-refractivity contribution in [2.75, 3.05) is 26.8 Å². The molecule has 1 saturated heterocycles. The molecule has 1 fully saturated rings. The molecule has 36 heavy (non-hydrogen) atoms. The predicted octanol–water partition coefficient (Wildman–Crippen LogP) is 3.55. The van der Waals surface area contributed by atoms with Gasteiger partial charge in [-0.3, -0.25) is 19.7 Å².